The van der Waals surface area contributed by atoms with Crippen LogP contribution in [0.4, 0.5) is 0 Å². The molecule has 0 saturated heterocycles. The van der Waals surface area contributed by atoms with Crippen LogP contribution >= 0.6 is 7.82 Å². The predicted octanol–water partition coefficient (Wildman–Crippen LogP) is 6.24. The maximum atomic E-state index is 10.6. The third-order valence-corrected chi connectivity index (χ3v) is 4.31. The first-order valence-corrected chi connectivity index (χ1v) is 10.4. The minimum absolute atomic E-state index is 0.0460. The Morgan fingerprint density at radius 3 is 1.56 bits per heavy atom. The summed E-state index contributed by atoms with van der Waals surface area (Å²) in [5.74, 6) is 0. The van der Waals surface area contributed by atoms with Crippen LogP contribution in [0.5, 0.6) is 0 Å². The number of allylic oxidation sites excluding steroid dienone is 7. The second-order valence-electron chi connectivity index (χ2n) is 6.84. The van der Waals surface area contributed by atoms with Gasteiger partial charge in [0.25, 0.3) is 0 Å². The van der Waals surface area contributed by atoms with Crippen molar-refractivity contribution in [3.8, 4) is 0 Å². The quantitative estimate of drug-likeness (QED) is 0.315. The molecule has 25 heavy (non-hydrogen) atoms. The molecule has 0 fully saturated rings. The minimum atomic E-state index is -4.36. The second-order valence-corrected chi connectivity index (χ2v) is 8.07. The SMILES string of the molecule is CC(C)=CCC/C(C)=C/CCC(C)=CCC/C(C)=C/COP(=O)(O)O. The van der Waals surface area contributed by atoms with Crippen LogP contribution < -0.4 is 0 Å². The molecule has 0 rings (SSSR count). The summed E-state index contributed by atoms with van der Waals surface area (Å²) < 4.78 is 15.0. The van der Waals surface area contributed by atoms with Crippen LogP contribution in [0.2, 0.25) is 0 Å². The Bertz CT molecular complexity index is 546. The van der Waals surface area contributed by atoms with E-state index in [9.17, 15) is 4.57 Å². The first kappa shape index (κ1) is 24.1. The lowest BCUT2D eigenvalue weighted by molar-refractivity contribution is 0.215. The van der Waals surface area contributed by atoms with E-state index in [-0.39, 0.29) is 6.61 Å². The van der Waals surface area contributed by atoms with Gasteiger partial charge in [-0.3, -0.25) is 4.52 Å². The van der Waals surface area contributed by atoms with Crippen LogP contribution in [-0.4, -0.2) is 16.4 Å². The van der Waals surface area contributed by atoms with E-state index in [0.29, 0.717) is 0 Å². The van der Waals surface area contributed by atoms with Crippen molar-refractivity contribution in [1.82, 2.24) is 0 Å². The van der Waals surface area contributed by atoms with Crippen molar-refractivity contribution in [2.45, 2.75) is 73.1 Å². The number of phosphoric ester groups is 1. The number of phosphoric acid groups is 1. The molecule has 0 amide bonds. The van der Waals surface area contributed by atoms with Gasteiger partial charge in [-0.05, 0) is 73.1 Å². The molecular weight excluding hydrogens is 335 g/mol. The molecule has 0 aromatic heterocycles. The number of hydrogen-bond acceptors (Lipinski definition) is 2. The van der Waals surface area contributed by atoms with Crippen molar-refractivity contribution in [3.63, 3.8) is 0 Å². The second kappa shape index (κ2) is 13.3. The Kier molecular flexibility index (Phi) is 12.8. The number of hydrogen-bond donors (Lipinski definition) is 2. The lowest BCUT2D eigenvalue weighted by Crippen LogP contribution is -1.89. The van der Waals surface area contributed by atoms with E-state index in [0.717, 1.165) is 44.1 Å². The Labute approximate surface area is 153 Å². The molecule has 0 unspecified atom stereocenters. The van der Waals surface area contributed by atoms with E-state index in [4.69, 9.17) is 9.79 Å². The highest BCUT2D eigenvalue weighted by atomic mass is 31.2. The molecule has 0 atom stereocenters. The standard InChI is InChI=1S/C20H35O4P/c1-17(2)9-6-10-18(3)11-7-12-19(4)13-8-14-20(5)15-16-24-25(21,22)23/h9,11,13,15H,6-8,10,12,14,16H2,1-5H3,(H2,21,22,23)/b18-11+,19-13?,20-15+. The van der Waals surface area contributed by atoms with Gasteiger partial charge in [0.1, 0.15) is 0 Å². The van der Waals surface area contributed by atoms with Crippen LogP contribution in [0.3, 0.4) is 0 Å². The molecule has 0 radical (unpaired) electrons. The zero-order valence-corrected chi connectivity index (χ0v) is 17.3. The van der Waals surface area contributed by atoms with E-state index >= 15 is 0 Å². The highest BCUT2D eigenvalue weighted by Gasteiger charge is 2.11. The highest BCUT2D eigenvalue weighted by Crippen LogP contribution is 2.35. The van der Waals surface area contributed by atoms with E-state index in [1.807, 2.05) is 6.92 Å². The monoisotopic (exact) mass is 370 g/mol. The van der Waals surface area contributed by atoms with Crippen LogP contribution in [0, 0.1) is 0 Å². The molecule has 0 aromatic rings. The fourth-order valence-electron chi connectivity index (χ4n) is 2.26. The lowest BCUT2D eigenvalue weighted by Gasteiger charge is -2.04. The van der Waals surface area contributed by atoms with Crippen LogP contribution in [0.25, 0.3) is 0 Å². The van der Waals surface area contributed by atoms with Crippen molar-refractivity contribution >= 4 is 7.82 Å². The maximum Gasteiger partial charge on any atom is 0.469 e. The summed E-state index contributed by atoms with van der Waals surface area (Å²) in [4.78, 5) is 17.2. The van der Waals surface area contributed by atoms with E-state index in [2.05, 4.69) is 50.4 Å². The molecule has 144 valence electrons. The number of rotatable bonds is 12. The summed E-state index contributed by atoms with van der Waals surface area (Å²) in [5.41, 5.74) is 5.29. The van der Waals surface area contributed by atoms with Crippen molar-refractivity contribution in [1.29, 1.82) is 0 Å². The molecule has 0 aliphatic rings. The van der Waals surface area contributed by atoms with Gasteiger partial charge in [0.15, 0.2) is 0 Å². The van der Waals surface area contributed by atoms with Gasteiger partial charge in [-0.15, -0.1) is 0 Å². The first-order chi connectivity index (χ1) is 11.6. The third kappa shape index (κ3) is 17.7. The van der Waals surface area contributed by atoms with Crippen molar-refractivity contribution < 1.29 is 18.9 Å². The Hall–Kier alpha value is -0.930. The average molecular weight is 370 g/mol. The lowest BCUT2D eigenvalue weighted by atomic mass is 10.0. The smallest absolute Gasteiger partial charge is 0.303 e. The fourth-order valence-corrected chi connectivity index (χ4v) is 2.53. The Morgan fingerprint density at radius 2 is 1.16 bits per heavy atom. The molecule has 0 heterocycles. The van der Waals surface area contributed by atoms with Gasteiger partial charge in [-0.25, -0.2) is 4.57 Å². The maximum absolute atomic E-state index is 10.6. The van der Waals surface area contributed by atoms with Crippen molar-refractivity contribution in [3.05, 3.63) is 46.6 Å². The largest absolute Gasteiger partial charge is 0.469 e. The molecule has 0 spiro atoms. The Morgan fingerprint density at radius 1 is 0.760 bits per heavy atom. The van der Waals surface area contributed by atoms with Gasteiger partial charge in [-0.1, -0.05) is 46.6 Å². The summed E-state index contributed by atoms with van der Waals surface area (Å²) in [6.07, 6.45) is 14.8. The molecule has 0 aliphatic heterocycles. The zero-order chi connectivity index (χ0) is 19.3. The molecule has 2 N–H and O–H groups in total. The molecule has 0 bridgehead atoms. The summed E-state index contributed by atoms with van der Waals surface area (Å²) in [5, 5.41) is 0. The Balaban J connectivity index is 4.03. The van der Waals surface area contributed by atoms with E-state index < -0.39 is 7.82 Å². The van der Waals surface area contributed by atoms with E-state index in [1.165, 1.54) is 16.7 Å². The molecular formula is C20H35O4P. The highest BCUT2D eigenvalue weighted by molar-refractivity contribution is 7.46. The van der Waals surface area contributed by atoms with E-state index in [1.54, 1.807) is 6.08 Å². The molecule has 0 aromatic carbocycles. The van der Waals surface area contributed by atoms with Crippen LogP contribution in [0.1, 0.15) is 73.1 Å². The average Bonchev–Trinajstić information content (AvgIpc) is 2.45. The zero-order valence-electron chi connectivity index (χ0n) is 16.4. The van der Waals surface area contributed by atoms with Gasteiger partial charge >= 0.3 is 7.82 Å². The van der Waals surface area contributed by atoms with Gasteiger partial charge in [-0.2, -0.15) is 0 Å². The molecule has 0 aliphatic carbocycles. The predicted molar refractivity (Wildman–Crippen MR) is 106 cm³/mol. The van der Waals surface area contributed by atoms with Gasteiger partial charge in [0.2, 0.25) is 0 Å². The molecule has 0 saturated carbocycles. The third-order valence-electron chi connectivity index (χ3n) is 3.83. The normalized spacial score (nSPS) is 14.0. The van der Waals surface area contributed by atoms with Crippen molar-refractivity contribution in [2.75, 3.05) is 6.61 Å². The van der Waals surface area contributed by atoms with Crippen LogP contribution in [-0.2, 0) is 9.09 Å². The fraction of sp³-hybridized carbons (Fsp3) is 0.600. The molecule has 4 nitrogen and oxygen atoms in total. The molecule has 5 heteroatoms. The summed E-state index contributed by atoms with van der Waals surface area (Å²) in [6.45, 7) is 10.5. The topological polar surface area (TPSA) is 66.8 Å². The summed E-state index contributed by atoms with van der Waals surface area (Å²) in [7, 11) is -4.36. The van der Waals surface area contributed by atoms with Gasteiger partial charge in [0.05, 0.1) is 6.61 Å². The summed E-state index contributed by atoms with van der Waals surface area (Å²) in [6, 6.07) is 0. The minimum Gasteiger partial charge on any atom is -0.303 e. The first-order valence-electron chi connectivity index (χ1n) is 8.90. The van der Waals surface area contributed by atoms with Crippen LogP contribution in [0.15, 0.2) is 46.6 Å². The van der Waals surface area contributed by atoms with Gasteiger partial charge < -0.3 is 9.79 Å². The van der Waals surface area contributed by atoms with Crippen molar-refractivity contribution in [2.24, 2.45) is 0 Å². The van der Waals surface area contributed by atoms with Gasteiger partial charge in [0, 0.05) is 0 Å². The summed E-state index contributed by atoms with van der Waals surface area (Å²) >= 11 is 0.